The van der Waals surface area contributed by atoms with E-state index in [1.807, 2.05) is 35.9 Å². The summed E-state index contributed by atoms with van der Waals surface area (Å²) in [6, 6.07) is 12.5. The number of aryl methyl sites for hydroxylation is 2. The maximum atomic E-state index is 12.7. The minimum atomic E-state index is -3.91. The normalized spacial score (nSPS) is 19.3. The molecule has 0 amide bonds. The highest BCUT2D eigenvalue weighted by atomic mass is 32.2. The van der Waals surface area contributed by atoms with Gasteiger partial charge in [-0.2, -0.15) is 8.42 Å². The predicted molar refractivity (Wildman–Crippen MR) is 146 cm³/mol. The second-order valence-corrected chi connectivity index (χ2v) is 11.4. The molecule has 2 unspecified atom stereocenters. The van der Waals surface area contributed by atoms with Crippen LogP contribution in [0, 0.1) is 6.92 Å². The van der Waals surface area contributed by atoms with Crippen LogP contribution in [0.25, 0.3) is 0 Å². The first-order valence-electron chi connectivity index (χ1n) is 13.4. The minimum Gasteiger partial charge on any atom is -0.493 e. The molecule has 10 heteroatoms. The zero-order chi connectivity index (χ0) is 27.7. The van der Waals surface area contributed by atoms with Gasteiger partial charge < -0.3 is 23.5 Å². The van der Waals surface area contributed by atoms with E-state index in [2.05, 4.69) is 18.8 Å². The summed E-state index contributed by atoms with van der Waals surface area (Å²) >= 11 is 0. The molecule has 9 nitrogen and oxygen atoms in total. The van der Waals surface area contributed by atoms with Gasteiger partial charge in [-0.3, -0.25) is 4.18 Å². The molecule has 39 heavy (non-hydrogen) atoms. The summed E-state index contributed by atoms with van der Waals surface area (Å²) in [6.45, 7) is 7.76. The Labute approximate surface area is 231 Å². The summed E-state index contributed by atoms with van der Waals surface area (Å²) in [7, 11) is -3.91. The highest BCUT2D eigenvalue weighted by Crippen LogP contribution is 2.33. The molecule has 1 saturated heterocycles. The van der Waals surface area contributed by atoms with E-state index >= 15 is 0 Å². The largest absolute Gasteiger partial charge is 0.493 e. The number of rotatable bonds is 15. The molecule has 2 heterocycles. The number of benzene rings is 2. The minimum absolute atomic E-state index is 0.114. The van der Waals surface area contributed by atoms with Crippen molar-refractivity contribution >= 4 is 10.1 Å². The Morgan fingerprint density at radius 3 is 2.36 bits per heavy atom. The van der Waals surface area contributed by atoms with Crippen LogP contribution in [0.2, 0.25) is 0 Å². The Kier molecular flexibility index (Phi) is 10.0. The van der Waals surface area contributed by atoms with E-state index in [1.165, 1.54) is 12.1 Å². The van der Waals surface area contributed by atoms with Gasteiger partial charge in [0.2, 0.25) is 0 Å². The zero-order valence-electron chi connectivity index (χ0n) is 22.9. The molecule has 1 fully saturated rings. The lowest BCUT2D eigenvalue weighted by Crippen LogP contribution is -2.37. The van der Waals surface area contributed by atoms with Crippen LogP contribution in [0.3, 0.4) is 0 Å². The number of imidazole rings is 1. The van der Waals surface area contributed by atoms with Crippen LogP contribution in [-0.4, -0.2) is 56.3 Å². The van der Waals surface area contributed by atoms with Gasteiger partial charge in [0.1, 0.15) is 17.6 Å². The lowest BCUT2D eigenvalue weighted by atomic mass is 10.0. The van der Waals surface area contributed by atoms with Crippen molar-refractivity contribution in [2.24, 2.45) is 0 Å². The van der Waals surface area contributed by atoms with Crippen molar-refractivity contribution in [2.75, 3.05) is 26.4 Å². The molecule has 4 rings (SSSR count). The summed E-state index contributed by atoms with van der Waals surface area (Å²) in [6.07, 6.45) is 7.68. The molecule has 0 saturated carbocycles. The van der Waals surface area contributed by atoms with Crippen molar-refractivity contribution in [2.45, 2.75) is 69.8 Å². The lowest BCUT2D eigenvalue weighted by Gasteiger charge is -2.29. The van der Waals surface area contributed by atoms with E-state index in [9.17, 15) is 8.42 Å². The van der Waals surface area contributed by atoms with Crippen molar-refractivity contribution in [1.29, 1.82) is 0 Å². The molecule has 0 N–H and O–H groups in total. The topological polar surface area (TPSA) is 98.1 Å². The van der Waals surface area contributed by atoms with Crippen LogP contribution in [0.15, 0.2) is 66.1 Å². The first kappa shape index (κ1) is 29.1. The van der Waals surface area contributed by atoms with Crippen LogP contribution in [0.5, 0.6) is 11.5 Å². The van der Waals surface area contributed by atoms with Crippen molar-refractivity contribution in [3.05, 3.63) is 72.3 Å². The van der Waals surface area contributed by atoms with E-state index in [0.29, 0.717) is 32.6 Å². The molecule has 212 valence electrons. The lowest BCUT2D eigenvalue weighted by molar-refractivity contribution is -0.184. The first-order valence-corrected chi connectivity index (χ1v) is 14.8. The quantitative estimate of drug-likeness (QED) is 0.243. The molecular formula is C29H38N2O7S. The highest BCUT2D eigenvalue weighted by Gasteiger charge is 2.42. The first-order chi connectivity index (χ1) is 18.8. The van der Waals surface area contributed by atoms with Crippen LogP contribution in [0.4, 0.5) is 0 Å². The standard InChI is InChI=1S/C29H38N2O7S/c1-4-14-34-25-16-24(17-26(18-25)35-15-5-2)10-11-29(21-31-13-12-30-22-31)36-19-27(38-29)20-37-39(32,33)28-8-6-23(3)7-9-28/h6-9,12-13,16-18,22,27H,4-5,10-11,14-15,19-21H2,1-3H3. The molecule has 1 aliphatic rings. The summed E-state index contributed by atoms with van der Waals surface area (Å²) < 4.78 is 57.0. The van der Waals surface area contributed by atoms with Crippen LogP contribution < -0.4 is 9.47 Å². The van der Waals surface area contributed by atoms with Gasteiger partial charge in [-0.1, -0.05) is 31.5 Å². The Balaban J connectivity index is 1.45. The number of nitrogens with zero attached hydrogens (tertiary/aromatic N) is 2. The third kappa shape index (κ3) is 8.28. The fourth-order valence-electron chi connectivity index (χ4n) is 4.30. The average Bonchev–Trinajstić information content (AvgIpc) is 3.59. The fourth-order valence-corrected chi connectivity index (χ4v) is 5.24. The van der Waals surface area contributed by atoms with Gasteiger partial charge in [-0.15, -0.1) is 0 Å². The summed E-state index contributed by atoms with van der Waals surface area (Å²) in [5.41, 5.74) is 2.01. The molecule has 1 aromatic heterocycles. The zero-order valence-corrected chi connectivity index (χ0v) is 23.7. The SMILES string of the molecule is CCCOc1cc(CCC2(Cn3ccnc3)OCC(COS(=O)(=O)c3ccc(C)cc3)O2)cc(OCCC)c1. The Morgan fingerprint density at radius 1 is 1.05 bits per heavy atom. The second kappa shape index (κ2) is 13.4. The summed E-state index contributed by atoms with van der Waals surface area (Å²) in [5, 5.41) is 0. The van der Waals surface area contributed by atoms with Crippen LogP contribution >= 0.6 is 0 Å². The van der Waals surface area contributed by atoms with Gasteiger partial charge in [0.05, 0.1) is 44.2 Å². The van der Waals surface area contributed by atoms with E-state index in [1.54, 1.807) is 24.7 Å². The summed E-state index contributed by atoms with van der Waals surface area (Å²) in [5.74, 6) is 0.558. The molecule has 3 aromatic rings. The van der Waals surface area contributed by atoms with E-state index < -0.39 is 22.0 Å². The molecule has 1 aliphatic heterocycles. The van der Waals surface area contributed by atoms with Crippen molar-refractivity contribution in [3.8, 4) is 11.5 Å². The number of hydrogen-bond acceptors (Lipinski definition) is 8. The Bertz CT molecular complexity index is 1250. The fraction of sp³-hybridized carbons (Fsp3) is 0.483. The summed E-state index contributed by atoms with van der Waals surface area (Å²) in [4.78, 5) is 4.25. The maximum absolute atomic E-state index is 12.7. The van der Waals surface area contributed by atoms with Gasteiger partial charge in [-0.25, -0.2) is 4.98 Å². The van der Waals surface area contributed by atoms with Gasteiger partial charge >= 0.3 is 0 Å². The molecule has 2 atom stereocenters. The molecule has 0 bridgehead atoms. The van der Waals surface area contributed by atoms with Crippen LogP contribution in [0.1, 0.15) is 44.2 Å². The third-order valence-electron chi connectivity index (χ3n) is 6.30. The average molecular weight is 559 g/mol. The van der Waals surface area contributed by atoms with Crippen molar-refractivity contribution in [1.82, 2.24) is 9.55 Å². The van der Waals surface area contributed by atoms with Gasteiger partial charge in [0, 0.05) is 24.9 Å². The molecular weight excluding hydrogens is 520 g/mol. The number of aromatic nitrogens is 2. The van der Waals surface area contributed by atoms with Crippen molar-refractivity contribution in [3.63, 3.8) is 0 Å². The van der Waals surface area contributed by atoms with E-state index in [-0.39, 0.29) is 18.1 Å². The Hall–Kier alpha value is -2.92. The maximum Gasteiger partial charge on any atom is 0.297 e. The molecule has 0 radical (unpaired) electrons. The van der Waals surface area contributed by atoms with Gasteiger partial charge in [0.25, 0.3) is 10.1 Å². The third-order valence-corrected chi connectivity index (χ3v) is 7.59. The highest BCUT2D eigenvalue weighted by molar-refractivity contribution is 7.86. The molecule has 0 aliphatic carbocycles. The van der Waals surface area contributed by atoms with Crippen LogP contribution in [-0.2, 0) is 36.7 Å². The predicted octanol–water partition coefficient (Wildman–Crippen LogP) is 4.92. The van der Waals surface area contributed by atoms with E-state index in [4.69, 9.17) is 23.1 Å². The smallest absolute Gasteiger partial charge is 0.297 e. The Morgan fingerprint density at radius 2 is 1.74 bits per heavy atom. The monoisotopic (exact) mass is 558 g/mol. The second-order valence-electron chi connectivity index (χ2n) is 9.76. The van der Waals surface area contributed by atoms with Gasteiger partial charge in [-0.05, 0) is 56.0 Å². The molecule has 2 aromatic carbocycles. The number of ether oxygens (including phenoxy) is 4. The number of hydrogen-bond donors (Lipinski definition) is 0. The van der Waals surface area contributed by atoms with Gasteiger partial charge in [0.15, 0.2) is 5.79 Å². The van der Waals surface area contributed by atoms with E-state index in [0.717, 1.165) is 35.5 Å². The molecule has 0 spiro atoms. The van der Waals surface area contributed by atoms with Crippen molar-refractivity contribution < 1.29 is 31.5 Å².